The van der Waals surface area contributed by atoms with Crippen molar-refractivity contribution < 1.29 is 0 Å². The first kappa shape index (κ1) is 13.7. The van der Waals surface area contributed by atoms with Crippen molar-refractivity contribution in [3.8, 4) is 0 Å². The first-order valence-electron chi connectivity index (χ1n) is 8.16. The number of nitrogens with one attached hydrogen (secondary N) is 1. The van der Waals surface area contributed by atoms with E-state index < -0.39 is 0 Å². The van der Waals surface area contributed by atoms with Gasteiger partial charge in [0.2, 0.25) is 0 Å². The number of benzene rings is 1. The van der Waals surface area contributed by atoms with Crippen LogP contribution in [-0.2, 0) is 0 Å². The van der Waals surface area contributed by atoms with Crippen LogP contribution in [0.25, 0.3) is 0 Å². The van der Waals surface area contributed by atoms with Gasteiger partial charge in [0.1, 0.15) is 0 Å². The lowest BCUT2D eigenvalue weighted by Gasteiger charge is -2.26. The van der Waals surface area contributed by atoms with E-state index in [1.807, 2.05) is 0 Å². The first-order valence-corrected chi connectivity index (χ1v) is 8.16. The first-order chi connectivity index (χ1) is 9.81. The minimum absolute atomic E-state index is 0.450. The van der Waals surface area contributed by atoms with E-state index in [9.17, 15) is 0 Å². The van der Waals surface area contributed by atoms with Crippen molar-refractivity contribution in [1.82, 2.24) is 0 Å². The Morgan fingerprint density at radius 1 is 1.00 bits per heavy atom. The second-order valence-electron chi connectivity index (χ2n) is 6.40. The Morgan fingerprint density at radius 3 is 2.30 bits per heavy atom. The molecule has 3 heteroatoms. The summed E-state index contributed by atoms with van der Waals surface area (Å²) in [6.45, 7) is 3.53. The van der Waals surface area contributed by atoms with Crippen LogP contribution in [0.1, 0.15) is 38.5 Å². The lowest BCUT2D eigenvalue weighted by molar-refractivity contribution is 0.339. The zero-order valence-corrected chi connectivity index (χ0v) is 12.4. The molecule has 1 aromatic rings. The van der Waals surface area contributed by atoms with Gasteiger partial charge in [0.15, 0.2) is 0 Å². The highest BCUT2D eigenvalue weighted by Crippen LogP contribution is 2.25. The number of anilines is 2. The van der Waals surface area contributed by atoms with Crippen LogP contribution in [0.3, 0.4) is 0 Å². The highest BCUT2D eigenvalue weighted by atomic mass is 15.1. The van der Waals surface area contributed by atoms with E-state index in [0.717, 1.165) is 12.5 Å². The molecule has 1 aromatic carbocycles. The lowest BCUT2D eigenvalue weighted by Crippen LogP contribution is -2.29. The highest BCUT2D eigenvalue weighted by Gasteiger charge is 2.18. The van der Waals surface area contributed by atoms with E-state index in [2.05, 4.69) is 34.5 Å². The van der Waals surface area contributed by atoms with Gasteiger partial charge in [-0.25, -0.2) is 0 Å². The Hall–Kier alpha value is -1.22. The van der Waals surface area contributed by atoms with Gasteiger partial charge in [0, 0.05) is 37.1 Å². The maximum Gasteiger partial charge on any atom is 0.0367 e. The molecule has 0 unspecified atom stereocenters. The van der Waals surface area contributed by atoms with Crippen LogP contribution in [-0.4, -0.2) is 25.7 Å². The van der Waals surface area contributed by atoms with Crippen molar-refractivity contribution in [2.24, 2.45) is 11.7 Å². The average Bonchev–Trinajstić information content (AvgIpc) is 3.01. The van der Waals surface area contributed by atoms with E-state index in [-0.39, 0.29) is 0 Å². The van der Waals surface area contributed by atoms with E-state index >= 15 is 0 Å². The van der Waals surface area contributed by atoms with E-state index in [0.29, 0.717) is 6.04 Å². The Morgan fingerprint density at radius 2 is 1.65 bits per heavy atom. The second kappa shape index (κ2) is 6.49. The van der Waals surface area contributed by atoms with Gasteiger partial charge in [-0.3, -0.25) is 0 Å². The molecule has 0 atom stereocenters. The molecule has 0 amide bonds. The van der Waals surface area contributed by atoms with E-state index in [1.54, 1.807) is 0 Å². The molecule has 3 nitrogen and oxygen atoms in total. The van der Waals surface area contributed by atoms with Crippen molar-refractivity contribution >= 4 is 11.4 Å². The molecule has 1 aliphatic heterocycles. The van der Waals surface area contributed by atoms with Gasteiger partial charge in [0.05, 0.1) is 0 Å². The standard InChI is InChI=1S/C17H27N3/c18-15-5-3-14(4-6-15)13-19-16-7-9-17(10-8-16)20-11-1-2-12-20/h7-10,14-15,19H,1-6,11-13,18H2. The van der Waals surface area contributed by atoms with Gasteiger partial charge >= 0.3 is 0 Å². The molecule has 0 spiro atoms. The molecule has 1 saturated carbocycles. The molecule has 1 heterocycles. The normalized spacial score (nSPS) is 26.8. The topological polar surface area (TPSA) is 41.3 Å². The summed E-state index contributed by atoms with van der Waals surface area (Å²) >= 11 is 0. The van der Waals surface area contributed by atoms with Crippen LogP contribution in [0, 0.1) is 5.92 Å². The van der Waals surface area contributed by atoms with E-state index in [1.165, 1.54) is 63.0 Å². The Labute approximate surface area is 122 Å². The molecule has 1 aliphatic carbocycles. The van der Waals surface area contributed by atoms with Crippen LogP contribution in [0.4, 0.5) is 11.4 Å². The van der Waals surface area contributed by atoms with Crippen molar-refractivity contribution in [2.75, 3.05) is 29.9 Å². The third kappa shape index (κ3) is 3.45. The molecule has 0 radical (unpaired) electrons. The largest absolute Gasteiger partial charge is 0.385 e. The smallest absolute Gasteiger partial charge is 0.0367 e. The van der Waals surface area contributed by atoms with Crippen molar-refractivity contribution in [3.63, 3.8) is 0 Å². The highest BCUT2D eigenvalue weighted by molar-refractivity contribution is 5.55. The number of nitrogens with zero attached hydrogens (tertiary/aromatic N) is 1. The summed E-state index contributed by atoms with van der Waals surface area (Å²) in [6.07, 6.45) is 7.62. The number of nitrogens with two attached hydrogens (primary N) is 1. The monoisotopic (exact) mass is 273 g/mol. The predicted molar refractivity (Wildman–Crippen MR) is 86.3 cm³/mol. The molecule has 110 valence electrons. The Bertz CT molecular complexity index is 401. The summed E-state index contributed by atoms with van der Waals surface area (Å²) in [5.74, 6) is 0.799. The molecular formula is C17H27N3. The molecule has 3 rings (SSSR count). The Balaban J connectivity index is 1.48. The minimum atomic E-state index is 0.450. The van der Waals surface area contributed by atoms with Crippen LogP contribution >= 0.6 is 0 Å². The number of hydrogen-bond donors (Lipinski definition) is 2. The van der Waals surface area contributed by atoms with Gasteiger partial charge < -0.3 is 16.0 Å². The van der Waals surface area contributed by atoms with Gasteiger partial charge in [-0.15, -0.1) is 0 Å². The molecule has 0 bridgehead atoms. The summed E-state index contributed by atoms with van der Waals surface area (Å²) < 4.78 is 0. The van der Waals surface area contributed by atoms with Gasteiger partial charge in [-0.05, 0) is 68.7 Å². The molecule has 2 fully saturated rings. The van der Waals surface area contributed by atoms with Crippen LogP contribution < -0.4 is 16.0 Å². The quantitative estimate of drug-likeness (QED) is 0.885. The average molecular weight is 273 g/mol. The number of rotatable bonds is 4. The number of hydrogen-bond acceptors (Lipinski definition) is 3. The van der Waals surface area contributed by atoms with Gasteiger partial charge in [-0.2, -0.15) is 0 Å². The lowest BCUT2D eigenvalue weighted by atomic mass is 9.86. The maximum atomic E-state index is 5.96. The minimum Gasteiger partial charge on any atom is -0.385 e. The second-order valence-corrected chi connectivity index (χ2v) is 6.40. The third-order valence-corrected chi connectivity index (χ3v) is 4.82. The molecule has 1 saturated heterocycles. The zero-order valence-electron chi connectivity index (χ0n) is 12.4. The predicted octanol–water partition coefficient (Wildman–Crippen LogP) is 3.22. The zero-order chi connectivity index (χ0) is 13.8. The summed E-state index contributed by atoms with van der Waals surface area (Å²) in [4.78, 5) is 2.48. The summed E-state index contributed by atoms with van der Waals surface area (Å²) in [5.41, 5.74) is 8.58. The SMILES string of the molecule is NC1CCC(CNc2ccc(N3CCCC3)cc2)CC1. The summed E-state index contributed by atoms with van der Waals surface area (Å²) in [5, 5.41) is 3.59. The molecule has 20 heavy (non-hydrogen) atoms. The van der Waals surface area contributed by atoms with Gasteiger partial charge in [-0.1, -0.05) is 0 Å². The molecular weight excluding hydrogens is 246 g/mol. The van der Waals surface area contributed by atoms with Crippen LogP contribution in [0.15, 0.2) is 24.3 Å². The third-order valence-electron chi connectivity index (χ3n) is 4.82. The molecule has 0 aromatic heterocycles. The van der Waals surface area contributed by atoms with Crippen molar-refractivity contribution in [3.05, 3.63) is 24.3 Å². The fraction of sp³-hybridized carbons (Fsp3) is 0.647. The summed E-state index contributed by atoms with van der Waals surface area (Å²) in [7, 11) is 0. The van der Waals surface area contributed by atoms with Crippen molar-refractivity contribution in [1.29, 1.82) is 0 Å². The van der Waals surface area contributed by atoms with E-state index in [4.69, 9.17) is 5.73 Å². The maximum absolute atomic E-state index is 5.96. The Kier molecular flexibility index (Phi) is 4.46. The molecule has 2 aliphatic rings. The fourth-order valence-corrected chi connectivity index (χ4v) is 3.42. The summed E-state index contributed by atoms with van der Waals surface area (Å²) in [6, 6.07) is 9.41. The molecule has 3 N–H and O–H groups in total. The van der Waals surface area contributed by atoms with Crippen LogP contribution in [0.2, 0.25) is 0 Å². The fourth-order valence-electron chi connectivity index (χ4n) is 3.42. The van der Waals surface area contributed by atoms with Gasteiger partial charge in [0.25, 0.3) is 0 Å². The van der Waals surface area contributed by atoms with Crippen LogP contribution in [0.5, 0.6) is 0 Å². The van der Waals surface area contributed by atoms with Crippen molar-refractivity contribution in [2.45, 2.75) is 44.6 Å².